The number of hydrogen-bond donors (Lipinski definition) is 2. The molecule has 0 aliphatic carbocycles. The predicted octanol–water partition coefficient (Wildman–Crippen LogP) is -0.0710. The molecule has 2 N–H and O–H groups in total. The minimum absolute atomic E-state index is 0.0787. The molecule has 68 valence electrons. The lowest BCUT2D eigenvalue weighted by Gasteiger charge is -2.13. The van der Waals surface area contributed by atoms with Crippen molar-refractivity contribution < 1.29 is 10.2 Å². The molecule has 0 aliphatic heterocycles. The summed E-state index contributed by atoms with van der Waals surface area (Å²) in [4.78, 5) is 2.10. The summed E-state index contributed by atoms with van der Waals surface area (Å²) in [6.07, 6.45) is 1.95. The van der Waals surface area contributed by atoms with Crippen molar-refractivity contribution in [3.05, 3.63) is 0 Å². The Hall–Kier alpha value is -0.120. The van der Waals surface area contributed by atoms with Crippen LogP contribution in [0, 0.1) is 5.92 Å². The maximum Gasteiger partial charge on any atom is 0.0481 e. The van der Waals surface area contributed by atoms with Gasteiger partial charge >= 0.3 is 0 Å². The van der Waals surface area contributed by atoms with Crippen LogP contribution in [0.2, 0.25) is 0 Å². The van der Waals surface area contributed by atoms with Gasteiger partial charge in [-0.1, -0.05) is 0 Å². The second-order valence-electron chi connectivity index (χ2n) is 3.18. The van der Waals surface area contributed by atoms with Gasteiger partial charge in [0.15, 0.2) is 0 Å². The molecule has 3 nitrogen and oxygen atoms in total. The molecule has 0 radical (unpaired) electrons. The summed E-state index contributed by atoms with van der Waals surface area (Å²) in [6, 6.07) is 0. The number of aliphatic hydroxyl groups is 2. The summed E-state index contributed by atoms with van der Waals surface area (Å²) in [6.45, 7) is 1.23. The van der Waals surface area contributed by atoms with Crippen LogP contribution in [0.1, 0.15) is 12.8 Å². The third-order valence-electron chi connectivity index (χ3n) is 1.73. The molecule has 0 heterocycles. The van der Waals surface area contributed by atoms with Crippen LogP contribution >= 0.6 is 0 Å². The molecule has 0 rings (SSSR count). The topological polar surface area (TPSA) is 43.7 Å². The van der Waals surface area contributed by atoms with Crippen molar-refractivity contribution in [3.8, 4) is 0 Å². The van der Waals surface area contributed by atoms with Gasteiger partial charge in [0.1, 0.15) is 0 Å². The number of hydrogen-bond acceptors (Lipinski definition) is 3. The monoisotopic (exact) mass is 161 g/mol. The highest BCUT2D eigenvalue weighted by Crippen LogP contribution is 2.04. The standard InChI is InChI=1S/C8H19NO2/c1-9(2)5-3-4-8(6-10)7-11/h8,10-11H,3-7H2,1-2H3. The van der Waals surface area contributed by atoms with Gasteiger partial charge in [0.2, 0.25) is 0 Å². The lowest BCUT2D eigenvalue weighted by molar-refractivity contribution is 0.140. The molecule has 11 heavy (non-hydrogen) atoms. The van der Waals surface area contributed by atoms with Gasteiger partial charge in [-0.3, -0.25) is 0 Å². The van der Waals surface area contributed by atoms with Gasteiger partial charge in [-0.05, 0) is 33.5 Å². The Morgan fingerprint density at radius 2 is 1.73 bits per heavy atom. The molecule has 0 aliphatic rings. The van der Waals surface area contributed by atoms with Crippen molar-refractivity contribution >= 4 is 0 Å². The molecule has 0 bridgehead atoms. The predicted molar refractivity (Wildman–Crippen MR) is 45.4 cm³/mol. The molecule has 0 saturated carbocycles. The van der Waals surface area contributed by atoms with E-state index in [-0.39, 0.29) is 19.1 Å². The Morgan fingerprint density at radius 1 is 1.18 bits per heavy atom. The fourth-order valence-electron chi connectivity index (χ4n) is 0.936. The van der Waals surface area contributed by atoms with Crippen molar-refractivity contribution in [3.63, 3.8) is 0 Å². The molecular weight excluding hydrogens is 142 g/mol. The van der Waals surface area contributed by atoms with E-state index in [1.807, 2.05) is 14.1 Å². The van der Waals surface area contributed by atoms with Gasteiger partial charge in [-0.2, -0.15) is 0 Å². The van der Waals surface area contributed by atoms with E-state index in [0.717, 1.165) is 19.4 Å². The molecule has 3 heteroatoms. The van der Waals surface area contributed by atoms with E-state index in [1.165, 1.54) is 0 Å². The van der Waals surface area contributed by atoms with Crippen LogP contribution < -0.4 is 0 Å². The maximum atomic E-state index is 8.72. The zero-order chi connectivity index (χ0) is 8.69. The average Bonchev–Trinajstić information content (AvgIpc) is 1.98. The van der Waals surface area contributed by atoms with Crippen LogP contribution in [0.3, 0.4) is 0 Å². The molecule has 0 spiro atoms. The fourth-order valence-corrected chi connectivity index (χ4v) is 0.936. The molecule has 0 saturated heterocycles. The highest BCUT2D eigenvalue weighted by molar-refractivity contribution is 4.56. The highest BCUT2D eigenvalue weighted by Gasteiger charge is 2.04. The van der Waals surface area contributed by atoms with Gasteiger partial charge in [0.05, 0.1) is 0 Å². The van der Waals surface area contributed by atoms with Crippen molar-refractivity contribution in [2.75, 3.05) is 33.9 Å². The largest absolute Gasteiger partial charge is 0.396 e. The summed E-state index contributed by atoms with van der Waals surface area (Å²) < 4.78 is 0. The van der Waals surface area contributed by atoms with E-state index < -0.39 is 0 Å². The summed E-state index contributed by atoms with van der Waals surface area (Å²) in [7, 11) is 4.04. The molecule has 0 aromatic rings. The zero-order valence-corrected chi connectivity index (χ0v) is 7.45. The first-order valence-electron chi connectivity index (χ1n) is 4.07. The summed E-state index contributed by atoms with van der Waals surface area (Å²) >= 11 is 0. The Bertz CT molecular complexity index is 82.2. The first kappa shape index (κ1) is 10.9. The van der Waals surface area contributed by atoms with E-state index in [1.54, 1.807) is 0 Å². The number of rotatable bonds is 6. The summed E-state index contributed by atoms with van der Waals surface area (Å²) in [5.74, 6) is 0.0787. The maximum absolute atomic E-state index is 8.72. The Morgan fingerprint density at radius 3 is 2.09 bits per heavy atom. The first-order valence-corrected chi connectivity index (χ1v) is 4.07. The van der Waals surface area contributed by atoms with Crippen molar-refractivity contribution in [1.82, 2.24) is 4.90 Å². The van der Waals surface area contributed by atoms with Crippen LogP contribution in [-0.4, -0.2) is 49.0 Å². The van der Waals surface area contributed by atoms with E-state index in [2.05, 4.69) is 4.90 Å². The van der Waals surface area contributed by atoms with Crippen molar-refractivity contribution in [2.45, 2.75) is 12.8 Å². The quantitative estimate of drug-likeness (QED) is 0.573. The molecule has 0 atom stereocenters. The third kappa shape index (κ3) is 6.28. The van der Waals surface area contributed by atoms with Gasteiger partial charge in [0.25, 0.3) is 0 Å². The normalized spacial score (nSPS) is 11.5. The van der Waals surface area contributed by atoms with Crippen molar-refractivity contribution in [2.24, 2.45) is 5.92 Å². The lowest BCUT2D eigenvalue weighted by Crippen LogP contribution is -2.17. The van der Waals surface area contributed by atoms with E-state index in [0.29, 0.717) is 0 Å². The zero-order valence-electron chi connectivity index (χ0n) is 7.45. The van der Waals surface area contributed by atoms with E-state index in [4.69, 9.17) is 10.2 Å². The molecule has 0 unspecified atom stereocenters. The van der Waals surface area contributed by atoms with Crippen LogP contribution in [0.5, 0.6) is 0 Å². The Balaban J connectivity index is 3.21. The van der Waals surface area contributed by atoms with E-state index >= 15 is 0 Å². The van der Waals surface area contributed by atoms with E-state index in [9.17, 15) is 0 Å². The van der Waals surface area contributed by atoms with Crippen LogP contribution in [-0.2, 0) is 0 Å². The van der Waals surface area contributed by atoms with Gasteiger partial charge < -0.3 is 15.1 Å². The van der Waals surface area contributed by atoms with Crippen molar-refractivity contribution in [1.29, 1.82) is 0 Å². The van der Waals surface area contributed by atoms with Gasteiger partial charge in [-0.25, -0.2) is 0 Å². The second-order valence-corrected chi connectivity index (χ2v) is 3.18. The van der Waals surface area contributed by atoms with Crippen LogP contribution in [0.4, 0.5) is 0 Å². The average molecular weight is 161 g/mol. The Labute approximate surface area is 68.6 Å². The third-order valence-corrected chi connectivity index (χ3v) is 1.73. The smallest absolute Gasteiger partial charge is 0.0481 e. The van der Waals surface area contributed by atoms with Crippen LogP contribution in [0.25, 0.3) is 0 Å². The minimum Gasteiger partial charge on any atom is -0.396 e. The molecule has 0 aromatic carbocycles. The van der Waals surface area contributed by atoms with Gasteiger partial charge in [-0.15, -0.1) is 0 Å². The number of aliphatic hydroxyl groups excluding tert-OH is 2. The molecule has 0 aromatic heterocycles. The SMILES string of the molecule is CN(C)CCCC(CO)CO. The molecular formula is C8H19NO2. The summed E-state index contributed by atoms with van der Waals surface area (Å²) in [5, 5.41) is 17.4. The summed E-state index contributed by atoms with van der Waals surface area (Å²) in [5.41, 5.74) is 0. The molecule has 0 amide bonds. The van der Waals surface area contributed by atoms with Crippen LogP contribution in [0.15, 0.2) is 0 Å². The molecule has 0 fully saturated rings. The second kappa shape index (κ2) is 6.58. The highest BCUT2D eigenvalue weighted by atomic mass is 16.3. The fraction of sp³-hybridized carbons (Fsp3) is 1.00. The number of nitrogens with zero attached hydrogens (tertiary/aromatic N) is 1. The minimum atomic E-state index is 0.0787. The van der Waals surface area contributed by atoms with Gasteiger partial charge in [0, 0.05) is 19.1 Å². The Kier molecular flexibility index (Phi) is 6.51. The lowest BCUT2D eigenvalue weighted by atomic mass is 10.1. The first-order chi connectivity index (χ1) is 5.20.